The fourth-order valence-electron chi connectivity index (χ4n) is 1.59. The van der Waals surface area contributed by atoms with Gasteiger partial charge >= 0.3 is 0 Å². The van der Waals surface area contributed by atoms with E-state index in [2.05, 4.69) is 26.1 Å². The summed E-state index contributed by atoms with van der Waals surface area (Å²) in [6.45, 7) is 2.54. The Labute approximate surface area is 113 Å². The maximum Gasteiger partial charge on any atom is 0.229 e. The summed E-state index contributed by atoms with van der Waals surface area (Å²) in [6.07, 6.45) is 0.784. The number of halogens is 2. The maximum atomic E-state index is 13.0. The molecule has 0 radical (unpaired) electrons. The summed E-state index contributed by atoms with van der Waals surface area (Å²) >= 11 is 3.28. The van der Waals surface area contributed by atoms with Crippen LogP contribution in [-0.2, 0) is 0 Å². The third kappa shape index (κ3) is 2.76. The molecular weight excluding hydrogens is 301 g/mol. The molecule has 2 N–H and O–H groups in total. The van der Waals surface area contributed by atoms with Gasteiger partial charge in [-0.05, 0) is 47.1 Å². The van der Waals surface area contributed by atoms with Gasteiger partial charge in [0.05, 0.1) is 0 Å². The van der Waals surface area contributed by atoms with Crippen molar-refractivity contribution in [3.63, 3.8) is 0 Å². The van der Waals surface area contributed by atoms with Gasteiger partial charge in [-0.15, -0.1) is 0 Å². The number of rotatable bonds is 4. The molecule has 0 bridgehead atoms. The first-order chi connectivity index (χ1) is 8.61. The van der Waals surface area contributed by atoms with Crippen LogP contribution in [0.1, 0.15) is 25.2 Å². The molecule has 1 atom stereocenters. The molecule has 6 heteroatoms. The second-order valence-electron chi connectivity index (χ2n) is 4.06. The van der Waals surface area contributed by atoms with E-state index in [-0.39, 0.29) is 11.7 Å². The first kappa shape index (κ1) is 13.2. The molecule has 2 aromatic rings. The molecule has 96 valence electrons. The highest BCUT2D eigenvalue weighted by atomic mass is 79.9. The molecule has 0 spiro atoms. The molecule has 0 aliphatic heterocycles. The molecule has 2 rings (SSSR count). The average Bonchev–Trinajstić information content (AvgIpc) is 2.78. The molecule has 4 nitrogen and oxygen atoms in total. The fraction of sp³-hybridized carbons (Fsp3) is 0.333. The molecule has 1 aromatic heterocycles. The summed E-state index contributed by atoms with van der Waals surface area (Å²) in [5.74, 6) is 0.800. The number of nitrogens with zero attached hydrogens (tertiary/aromatic N) is 2. The monoisotopic (exact) mass is 313 g/mol. The van der Waals surface area contributed by atoms with Crippen LogP contribution < -0.4 is 5.73 Å². The largest absolute Gasteiger partial charge is 0.339 e. The Bertz CT molecular complexity index is 544. The van der Waals surface area contributed by atoms with Crippen LogP contribution in [-0.4, -0.2) is 16.7 Å². The van der Waals surface area contributed by atoms with Gasteiger partial charge in [-0.25, -0.2) is 4.39 Å². The quantitative estimate of drug-likeness (QED) is 0.942. The summed E-state index contributed by atoms with van der Waals surface area (Å²) in [4.78, 5) is 4.30. The fourth-order valence-corrected chi connectivity index (χ4v) is 2.12. The van der Waals surface area contributed by atoms with Crippen molar-refractivity contribution in [1.29, 1.82) is 0 Å². The van der Waals surface area contributed by atoms with Crippen molar-refractivity contribution < 1.29 is 8.91 Å². The number of benzene rings is 1. The summed E-state index contributed by atoms with van der Waals surface area (Å²) in [6, 6.07) is 4.34. The van der Waals surface area contributed by atoms with Crippen molar-refractivity contribution in [3.8, 4) is 11.4 Å². The molecule has 1 aromatic carbocycles. The minimum atomic E-state index is -0.314. The molecule has 1 unspecified atom stereocenters. The molecule has 0 aliphatic carbocycles. The van der Waals surface area contributed by atoms with Crippen LogP contribution >= 0.6 is 15.9 Å². The third-order valence-corrected chi connectivity index (χ3v) is 3.29. The van der Waals surface area contributed by atoms with Gasteiger partial charge in [-0.1, -0.05) is 12.1 Å². The summed E-state index contributed by atoms with van der Waals surface area (Å²) < 4.78 is 18.8. The van der Waals surface area contributed by atoms with Gasteiger partial charge in [0.15, 0.2) is 0 Å². The Morgan fingerprint density at radius 1 is 1.50 bits per heavy atom. The van der Waals surface area contributed by atoms with Gasteiger partial charge in [-0.3, -0.25) is 0 Å². The Morgan fingerprint density at radius 3 is 2.94 bits per heavy atom. The van der Waals surface area contributed by atoms with Crippen LogP contribution in [0.4, 0.5) is 4.39 Å². The molecule has 0 saturated carbocycles. The second kappa shape index (κ2) is 5.58. The lowest BCUT2D eigenvalue weighted by molar-refractivity contribution is 0.355. The second-order valence-corrected chi connectivity index (χ2v) is 4.91. The van der Waals surface area contributed by atoms with E-state index in [1.807, 2.05) is 6.92 Å². The van der Waals surface area contributed by atoms with E-state index >= 15 is 0 Å². The van der Waals surface area contributed by atoms with Crippen LogP contribution in [0.3, 0.4) is 0 Å². The van der Waals surface area contributed by atoms with Crippen LogP contribution in [0.15, 0.2) is 27.2 Å². The topological polar surface area (TPSA) is 64.9 Å². The zero-order valence-electron chi connectivity index (χ0n) is 9.86. The van der Waals surface area contributed by atoms with Gasteiger partial charge in [0, 0.05) is 16.0 Å². The Hall–Kier alpha value is -1.27. The van der Waals surface area contributed by atoms with Crippen molar-refractivity contribution >= 4 is 15.9 Å². The summed E-state index contributed by atoms with van der Waals surface area (Å²) in [5, 5.41) is 3.90. The zero-order chi connectivity index (χ0) is 13.1. The standard InChI is InChI=1S/C12H13BrFN3O/c1-7(4-5-15)12-16-11(17-18-12)9-3-2-8(14)6-10(9)13/h2-3,6-7H,4-5,15H2,1H3. The third-order valence-electron chi connectivity index (χ3n) is 2.64. The summed E-state index contributed by atoms with van der Waals surface area (Å²) in [7, 11) is 0. The van der Waals surface area contributed by atoms with E-state index in [9.17, 15) is 4.39 Å². The minimum absolute atomic E-state index is 0.121. The number of nitrogens with two attached hydrogens (primary N) is 1. The van der Waals surface area contributed by atoms with Gasteiger partial charge < -0.3 is 10.3 Å². The zero-order valence-corrected chi connectivity index (χ0v) is 11.4. The SMILES string of the molecule is CC(CCN)c1nc(-c2ccc(F)cc2Br)no1. The number of hydrogen-bond acceptors (Lipinski definition) is 4. The number of aromatic nitrogens is 2. The van der Waals surface area contributed by atoms with E-state index in [1.165, 1.54) is 12.1 Å². The first-order valence-corrected chi connectivity index (χ1v) is 6.40. The average molecular weight is 314 g/mol. The van der Waals surface area contributed by atoms with Crippen LogP contribution in [0.2, 0.25) is 0 Å². The Balaban J connectivity index is 2.29. The molecular formula is C12H13BrFN3O. The molecule has 0 amide bonds. The molecule has 0 fully saturated rings. The van der Waals surface area contributed by atoms with Crippen LogP contribution in [0, 0.1) is 5.82 Å². The highest BCUT2D eigenvalue weighted by molar-refractivity contribution is 9.10. The molecule has 0 saturated heterocycles. The van der Waals surface area contributed by atoms with Crippen molar-refractivity contribution in [1.82, 2.24) is 10.1 Å². The predicted molar refractivity (Wildman–Crippen MR) is 69.5 cm³/mol. The van der Waals surface area contributed by atoms with Crippen molar-refractivity contribution in [2.24, 2.45) is 5.73 Å². The smallest absolute Gasteiger partial charge is 0.229 e. The van der Waals surface area contributed by atoms with E-state index < -0.39 is 0 Å². The maximum absolute atomic E-state index is 13.0. The van der Waals surface area contributed by atoms with E-state index in [4.69, 9.17) is 10.3 Å². The lowest BCUT2D eigenvalue weighted by Crippen LogP contribution is -2.04. The van der Waals surface area contributed by atoms with Crippen LogP contribution in [0.25, 0.3) is 11.4 Å². The lowest BCUT2D eigenvalue weighted by Gasteiger charge is -2.02. The first-order valence-electron chi connectivity index (χ1n) is 5.61. The molecule has 1 heterocycles. The minimum Gasteiger partial charge on any atom is -0.339 e. The van der Waals surface area contributed by atoms with Crippen molar-refractivity contribution in [3.05, 3.63) is 34.4 Å². The molecule has 0 aliphatic rings. The van der Waals surface area contributed by atoms with Gasteiger partial charge in [0.25, 0.3) is 0 Å². The highest BCUT2D eigenvalue weighted by Crippen LogP contribution is 2.28. The predicted octanol–water partition coefficient (Wildman–Crippen LogP) is 3.09. The lowest BCUT2D eigenvalue weighted by atomic mass is 10.1. The van der Waals surface area contributed by atoms with E-state index in [0.717, 1.165) is 6.42 Å². The van der Waals surface area contributed by atoms with Crippen LogP contribution in [0.5, 0.6) is 0 Å². The van der Waals surface area contributed by atoms with Gasteiger partial charge in [0.1, 0.15) is 5.82 Å². The van der Waals surface area contributed by atoms with Crippen molar-refractivity contribution in [2.75, 3.05) is 6.54 Å². The van der Waals surface area contributed by atoms with E-state index in [1.54, 1.807) is 6.07 Å². The Morgan fingerprint density at radius 2 is 2.28 bits per heavy atom. The highest BCUT2D eigenvalue weighted by Gasteiger charge is 2.16. The van der Waals surface area contributed by atoms with E-state index in [0.29, 0.717) is 28.3 Å². The van der Waals surface area contributed by atoms with Gasteiger partial charge in [-0.2, -0.15) is 4.98 Å². The normalized spacial score (nSPS) is 12.7. The number of hydrogen-bond donors (Lipinski definition) is 1. The van der Waals surface area contributed by atoms with Crippen molar-refractivity contribution in [2.45, 2.75) is 19.3 Å². The Kier molecular flexibility index (Phi) is 4.08. The molecule has 18 heavy (non-hydrogen) atoms. The summed E-state index contributed by atoms with van der Waals surface area (Å²) in [5.41, 5.74) is 6.19. The van der Waals surface area contributed by atoms with Gasteiger partial charge in [0.2, 0.25) is 11.7 Å².